The van der Waals surface area contributed by atoms with Crippen LogP contribution in [0.3, 0.4) is 0 Å². The Bertz CT molecular complexity index is 586. The average Bonchev–Trinajstić information content (AvgIpc) is 2.53. The van der Waals surface area contributed by atoms with Crippen molar-refractivity contribution in [1.29, 1.82) is 5.26 Å². The molecule has 0 aliphatic heterocycles. The zero-order valence-corrected chi connectivity index (χ0v) is 11.7. The predicted octanol–water partition coefficient (Wildman–Crippen LogP) is 2.69. The fourth-order valence-corrected chi connectivity index (χ4v) is 2.73. The molecule has 1 aliphatic carbocycles. The number of nitriles is 1. The van der Waals surface area contributed by atoms with Crippen molar-refractivity contribution < 1.29 is 9.72 Å². The normalized spacial score (nSPS) is 16.7. The highest BCUT2D eigenvalue weighted by Gasteiger charge is 2.39. The molecule has 1 aliphatic rings. The van der Waals surface area contributed by atoms with Crippen molar-refractivity contribution >= 4 is 11.6 Å². The molecule has 0 atom stereocenters. The van der Waals surface area contributed by atoms with Gasteiger partial charge in [0.25, 0.3) is 5.69 Å². The van der Waals surface area contributed by atoms with E-state index in [1.165, 1.54) is 6.07 Å². The summed E-state index contributed by atoms with van der Waals surface area (Å²) >= 11 is 0. The van der Waals surface area contributed by atoms with Crippen LogP contribution in [0, 0.1) is 26.9 Å². The number of amides is 1. The molecule has 1 aromatic rings. The summed E-state index contributed by atoms with van der Waals surface area (Å²) in [7, 11) is 0. The SMILES string of the molecule is N#CC1(C(=O)NCc2ccccc2[N+](=O)[O-])CCCCC1. The largest absolute Gasteiger partial charge is 0.350 e. The van der Waals surface area contributed by atoms with E-state index in [0.29, 0.717) is 18.4 Å². The molecule has 1 aromatic carbocycles. The number of carbonyl (C=O) groups is 1. The van der Waals surface area contributed by atoms with Crippen LogP contribution in [0.1, 0.15) is 37.7 Å². The smallest absolute Gasteiger partial charge is 0.274 e. The first-order valence-electron chi connectivity index (χ1n) is 7.01. The van der Waals surface area contributed by atoms with E-state index < -0.39 is 10.3 Å². The van der Waals surface area contributed by atoms with Crippen molar-refractivity contribution in [3.63, 3.8) is 0 Å². The first-order valence-corrected chi connectivity index (χ1v) is 7.01. The second-order valence-electron chi connectivity index (χ2n) is 5.32. The van der Waals surface area contributed by atoms with E-state index in [-0.39, 0.29) is 18.1 Å². The van der Waals surface area contributed by atoms with E-state index in [0.717, 1.165) is 19.3 Å². The molecule has 1 fully saturated rings. The molecule has 21 heavy (non-hydrogen) atoms. The number of hydrogen-bond acceptors (Lipinski definition) is 4. The molecule has 0 spiro atoms. The van der Waals surface area contributed by atoms with E-state index in [1.807, 2.05) is 0 Å². The number of nitrogens with one attached hydrogen (secondary N) is 1. The maximum atomic E-state index is 12.3. The first-order chi connectivity index (χ1) is 10.1. The molecule has 1 saturated carbocycles. The quantitative estimate of drug-likeness (QED) is 0.680. The van der Waals surface area contributed by atoms with E-state index in [4.69, 9.17) is 0 Å². The van der Waals surface area contributed by atoms with Crippen LogP contribution in [0.15, 0.2) is 24.3 Å². The van der Waals surface area contributed by atoms with Gasteiger partial charge in [0.2, 0.25) is 5.91 Å². The van der Waals surface area contributed by atoms with Crippen molar-refractivity contribution in [3.8, 4) is 6.07 Å². The minimum atomic E-state index is -0.970. The van der Waals surface area contributed by atoms with Gasteiger partial charge in [-0.05, 0) is 12.8 Å². The highest BCUT2D eigenvalue weighted by Crippen LogP contribution is 2.36. The minimum Gasteiger partial charge on any atom is -0.350 e. The number of nitro benzene ring substituents is 1. The lowest BCUT2D eigenvalue weighted by atomic mass is 9.74. The summed E-state index contributed by atoms with van der Waals surface area (Å²) in [6.07, 6.45) is 3.90. The van der Waals surface area contributed by atoms with Gasteiger partial charge in [-0.3, -0.25) is 14.9 Å². The molecule has 6 heteroatoms. The highest BCUT2D eigenvalue weighted by atomic mass is 16.6. The fourth-order valence-electron chi connectivity index (χ4n) is 2.73. The Balaban J connectivity index is 2.08. The van der Waals surface area contributed by atoms with Crippen LogP contribution in [0.2, 0.25) is 0 Å². The van der Waals surface area contributed by atoms with E-state index in [9.17, 15) is 20.2 Å². The molecule has 0 radical (unpaired) electrons. The Kier molecular flexibility index (Phi) is 4.53. The van der Waals surface area contributed by atoms with Gasteiger partial charge in [-0.15, -0.1) is 0 Å². The van der Waals surface area contributed by atoms with Gasteiger partial charge >= 0.3 is 0 Å². The minimum absolute atomic E-state index is 0.0209. The summed E-state index contributed by atoms with van der Waals surface area (Å²) in [6, 6.07) is 8.43. The van der Waals surface area contributed by atoms with Gasteiger partial charge in [0.15, 0.2) is 0 Å². The van der Waals surface area contributed by atoms with Gasteiger partial charge in [0, 0.05) is 18.2 Å². The van der Waals surface area contributed by atoms with Gasteiger partial charge in [-0.25, -0.2) is 0 Å². The number of carbonyl (C=O) groups excluding carboxylic acids is 1. The number of nitro groups is 1. The predicted molar refractivity (Wildman–Crippen MR) is 76.1 cm³/mol. The number of nitrogens with zero attached hydrogens (tertiary/aromatic N) is 2. The number of para-hydroxylation sites is 1. The third-order valence-electron chi connectivity index (χ3n) is 3.98. The van der Waals surface area contributed by atoms with Gasteiger partial charge in [0.05, 0.1) is 11.0 Å². The molecule has 0 unspecified atom stereocenters. The molecule has 0 bridgehead atoms. The number of benzene rings is 1. The van der Waals surface area contributed by atoms with Crippen LogP contribution in [-0.2, 0) is 11.3 Å². The van der Waals surface area contributed by atoms with Crippen molar-refractivity contribution in [2.45, 2.75) is 38.6 Å². The molecule has 6 nitrogen and oxygen atoms in total. The van der Waals surface area contributed by atoms with Gasteiger partial charge in [-0.1, -0.05) is 37.5 Å². The lowest BCUT2D eigenvalue weighted by Gasteiger charge is -2.29. The van der Waals surface area contributed by atoms with E-state index in [2.05, 4.69) is 11.4 Å². The molecular weight excluding hydrogens is 270 g/mol. The summed E-state index contributed by atoms with van der Waals surface area (Å²) in [5.74, 6) is -0.317. The molecule has 0 saturated heterocycles. The lowest BCUT2D eigenvalue weighted by molar-refractivity contribution is -0.385. The second-order valence-corrected chi connectivity index (χ2v) is 5.32. The Morgan fingerprint density at radius 2 is 2.00 bits per heavy atom. The van der Waals surface area contributed by atoms with Crippen LogP contribution in [0.25, 0.3) is 0 Å². The number of rotatable bonds is 4. The Morgan fingerprint density at radius 3 is 2.62 bits per heavy atom. The van der Waals surface area contributed by atoms with E-state index in [1.54, 1.807) is 18.2 Å². The highest BCUT2D eigenvalue weighted by molar-refractivity contribution is 5.85. The standard InChI is InChI=1S/C15H17N3O3/c16-11-15(8-4-1-5-9-15)14(19)17-10-12-6-2-3-7-13(12)18(20)21/h2-3,6-7H,1,4-5,8-10H2,(H,17,19). The van der Waals surface area contributed by atoms with Crippen molar-refractivity contribution in [2.24, 2.45) is 5.41 Å². The second kappa shape index (κ2) is 6.35. The van der Waals surface area contributed by atoms with Crippen LogP contribution in [0.4, 0.5) is 5.69 Å². The van der Waals surface area contributed by atoms with Gasteiger partial charge in [-0.2, -0.15) is 5.26 Å². The van der Waals surface area contributed by atoms with Crippen LogP contribution in [0.5, 0.6) is 0 Å². The zero-order chi connectivity index (χ0) is 15.3. The Morgan fingerprint density at radius 1 is 1.33 bits per heavy atom. The van der Waals surface area contributed by atoms with Crippen LogP contribution < -0.4 is 5.32 Å². The summed E-state index contributed by atoms with van der Waals surface area (Å²) in [5, 5.41) is 23.0. The monoisotopic (exact) mass is 287 g/mol. The summed E-state index contributed by atoms with van der Waals surface area (Å²) in [4.78, 5) is 22.8. The topological polar surface area (TPSA) is 96.0 Å². The number of hydrogen-bond donors (Lipinski definition) is 1. The maximum Gasteiger partial charge on any atom is 0.274 e. The van der Waals surface area contributed by atoms with Crippen molar-refractivity contribution in [1.82, 2.24) is 5.32 Å². The van der Waals surface area contributed by atoms with Crippen molar-refractivity contribution in [3.05, 3.63) is 39.9 Å². The summed E-state index contributed by atoms with van der Waals surface area (Å²) in [6.45, 7) is 0.0689. The Labute approximate surface area is 122 Å². The third kappa shape index (κ3) is 3.19. The molecular formula is C15H17N3O3. The maximum absolute atomic E-state index is 12.3. The zero-order valence-electron chi connectivity index (χ0n) is 11.7. The van der Waals surface area contributed by atoms with Gasteiger partial charge in [0.1, 0.15) is 5.41 Å². The third-order valence-corrected chi connectivity index (χ3v) is 3.98. The van der Waals surface area contributed by atoms with Crippen LogP contribution in [-0.4, -0.2) is 10.8 Å². The Hall–Kier alpha value is -2.42. The molecule has 1 amide bonds. The lowest BCUT2D eigenvalue weighted by Crippen LogP contribution is -2.41. The molecule has 0 aromatic heterocycles. The molecule has 2 rings (SSSR count). The first kappa shape index (κ1) is 15.0. The average molecular weight is 287 g/mol. The van der Waals surface area contributed by atoms with E-state index >= 15 is 0 Å². The summed E-state index contributed by atoms with van der Waals surface area (Å²) in [5.41, 5.74) is -0.547. The van der Waals surface area contributed by atoms with Crippen molar-refractivity contribution in [2.75, 3.05) is 0 Å². The molecule has 110 valence electrons. The summed E-state index contributed by atoms with van der Waals surface area (Å²) < 4.78 is 0. The molecule has 0 heterocycles. The van der Waals surface area contributed by atoms with Crippen LogP contribution >= 0.6 is 0 Å². The molecule has 1 N–H and O–H groups in total. The van der Waals surface area contributed by atoms with Gasteiger partial charge < -0.3 is 5.32 Å². The fraction of sp³-hybridized carbons (Fsp3) is 0.467.